The zero-order chi connectivity index (χ0) is 11.3. The van der Waals surface area contributed by atoms with Crippen molar-refractivity contribution in [2.45, 2.75) is 32.4 Å². The van der Waals surface area contributed by atoms with Crippen LogP contribution in [-0.4, -0.2) is 27.8 Å². The molecule has 0 unspecified atom stereocenters. The van der Waals surface area contributed by atoms with E-state index >= 15 is 0 Å². The highest BCUT2D eigenvalue weighted by molar-refractivity contribution is 5.74. The molecule has 1 aromatic rings. The number of carbonyl (C=O) groups excluding carboxylic acids is 1. The molecule has 1 aromatic heterocycles. The van der Waals surface area contributed by atoms with E-state index in [1.807, 2.05) is 30.8 Å². The summed E-state index contributed by atoms with van der Waals surface area (Å²) in [5, 5.41) is 7.35. The van der Waals surface area contributed by atoms with Crippen LogP contribution in [0.3, 0.4) is 0 Å². The lowest BCUT2D eigenvalue weighted by molar-refractivity contribution is -0.119. The Morgan fingerprint density at radius 3 is 2.87 bits per heavy atom. The lowest BCUT2D eigenvalue weighted by Gasteiger charge is -2.24. The third-order valence-electron chi connectivity index (χ3n) is 2.12. The summed E-state index contributed by atoms with van der Waals surface area (Å²) in [4.78, 5) is 10.8. The first-order chi connectivity index (χ1) is 6.99. The van der Waals surface area contributed by atoms with E-state index < -0.39 is 0 Å². The van der Waals surface area contributed by atoms with Crippen LogP contribution >= 0.6 is 0 Å². The van der Waals surface area contributed by atoms with Gasteiger partial charge in [-0.05, 0) is 19.9 Å². The summed E-state index contributed by atoms with van der Waals surface area (Å²) < 4.78 is 1.84. The van der Waals surface area contributed by atoms with Gasteiger partial charge in [-0.15, -0.1) is 0 Å². The van der Waals surface area contributed by atoms with E-state index in [1.165, 1.54) is 0 Å². The first-order valence-electron chi connectivity index (χ1n) is 5.00. The second-order valence-electron chi connectivity index (χ2n) is 4.22. The first kappa shape index (κ1) is 11.7. The minimum Gasteiger partial charge on any atom is -0.370 e. The molecule has 5 heteroatoms. The lowest BCUT2D eigenvalue weighted by Crippen LogP contribution is -2.44. The average molecular weight is 210 g/mol. The molecule has 0 saturated heterocycles. The molecule has 5 nitrogen and oxygen atoms in total. The predicted octanol–water partition coefficient (Wildman–Crippen LogP) is 0.127. The minimum absolute atomic E-state index is 0.251. The van der Waals surface area contributed by atoms with E-state index in [9.17, 15) is 4.79 Å². The van der Waals surface area contributed by atoms with Crippen LogP contribution in [0.4, 0.5) is 0 Å². The molecule has 84 valence electrons. The van der Waals surface area contributed by atoms with Crippen molar-refractivity contribution in [3.63, 3.8) is 0 Å². The normalized spacial score (nSPS) is 11.6. The maximum atomic E-state index is 10.8. The number of hydrogen-bond acceptors (Lipinski definition) is 3. The number of carbonyl (C=O) groups is 1. The fourth-order valence-corrected chi connectivity index (χ4v) is 1.44. The Kier molecular flexibility index (Phi) is 3.85. The van der Waals surface area contributed by atoms with E-state index in [-0.39, 0.29) is 11.4 Å². The van der Waals surface area contributed by atoms with Gasteiger partial charge in [0.25, 0.3) is 0 Å². The van der Waals surface area contributed by atoms with Crippen molar-refractivity contribution in [1.29, 1.82) is 0 Å². The Morgan fingerprint density at radius 1 is 1.60 bits per heavy atom. The molecule has 3 N–H and O–H groups in total. The van der Waals surface area contributed by atoms with Crippen molar-refractivity contribution >= 4 is 5.91 Å². The smallest absolute Gasteiger partial charge is 0.219 e. The average Bonchev–Trinajstić information content (AvgIpc) is 2.53. The van der Waals surface area contributed by atoms with Crippen LogP contribution < -0.4 is 11.1 Å². The molecule has 0 aliphatic rings. The number of amides is 1. The molecule has 0 bridgehead atoms. The molecule has 1 heterocycles. The van der Waals surface area contributed by atoms with Gasteiger partial charge in [-0.25, -0.2) is 0 Å². The molecule has 0 aliphatic carbocycles. The van der Waals surface area contributed by atoms with Gasteiger partial charge < -0.3 is 11.1 Å². The Balaban J connectivity index is 2.27. The molecule has 1 rings (SSSR count). The maximum absolute atomic E-state index is 10.8. The van der Waals surface area contributed by atoms with Crippen molar-refractivity contribution in [3.8, 4) is 0 Å². The van der Waals surface area contributed by atoms with E-state index in [4.69, 9.17) is 5.73 Å². The van der Waals surface area contributed by atoms with Crippen molar-refractivity contribution in [3.05, 3.63) is 18.5 Å². The summed E-state index contributed by atoms with van der Waals surface area (Å²) in [5.74, 6) is -0.286. The zero-order valence-electron chi connectivity index (χ0n) is 9.23. The van der Waals surface area contributed by atoms with Gasteiger partial charge in [-0.3, -0.25) is 9.48 Å². The summed E-state index contributed by atoms with van der Waals surface area (Å²) in [7, 11) is 0. The van der Waals surface area contributed by atoms with Gasteiger partial charge in [0.2, 0.25) is 5.91 Å². The molecule has 0 aliphatic heterocycles. The quantitative estimate of drug-likeness (QED) is 0.700. The third kappa shape index (κ3) is 4.60. The van der Waals surface area contributed by atoms with Gasteiger partial charge in [0, 0.05) is 30.9 Å². The maximum Gasteiger partial charge on any atom is 0.219 e. The van der Waals surface area contributed by atoms with Crippen LogP contribution in [0, 0.1) is 0 Å². The topological polar surface area (TPSA) is 72.9 Å². The third-order valence-corrected chi connectivity index (χ3v) is 2.12. The van der Waals surface area contributed by atoms with Crippen molar-refractivity contribution in [1.82, 2.24) is 15.1 Å². The molecular weight excluding hydrogens is 192 g/mol. The van der Waals surface area contributed by atoms with Gasteiger partial charge >= 0.3 is 0 Å². The Bertz CT molecular complexity index is 305. The molecule has 15 heavy (non-hydrogen) atoms. The van der Waals surface area contributed by atoms with E-state index in [0.29, 0.717) is 6.42 Å². The summed E-state index contributed by atoms with van der Waals surface area (Å²) in [6.07, 6.45) is 3.99. The van der Waals surface area contributed by atoms with Gasteiger partial charge in [0.15, 0.2) is 0 Å². The van der Waals surface area contributed by atoms with E-state index in [1.54, 1.807) is 6.20 Å². The summed E-state index contributed by atoms with van der Waals surface area (Å²) in [6.45, 7) is 5.47. The van der Waals surface area contributed by atoms with Crippen LogP contribution in [-0.2, 0) is 11.3 Å². The number of nitrogens with one attached hydrogen (secondary N) is 1. The highest BCUT2D eigenvalue weighted by Gasteiger charge is 2.19. The SMILES string of the molecule is CC(C)(CC(N)=O)NCCn1cccn1. The van der Waals surface area contributed by atoms with Gasteiger partial charge in [-0.2, -0.15) is 5.10 Å². The second kappa shape index (κ2) is 4.93. The van der Waals surface area contributed by atoms with E-state index in [2.05, 4.69) is 10.4 Å². The Labute approximate surface area is 89.6 Å². The van der Waals surface area contributed by atoms with E-state index in [0.717, 1.165) is 13.1 Å². The summed E-state index contributed by atoms with van der Waals surface area (Å²) in [5.41, 5.74) is 4.90. The molecule has 0 fully saturated rings. The second-order valence-corrected chi connectivity index (χ2v) is 4.22. The molecule has 0 aromatic carbocycles. The molecule has 0 radical (unpaired) electrons. The van der Waals surface area contributed by atoms with Crippen molar-refractivity contribution in [2.75, 3.05) is 6.54 Å². The number of nitrogens with zero attached hydrogens (tertiary/aromatic N) is 2. The van der Waals surface area contributed by atoms with Crippen molar-refractivity contribution < 1.29 is 4.79 Å². The number of hydrogen-bond donors (Lipinski definition) is 2. The monoisotopic (exact) mass is 210 g/mol. The van der Waals surface area contributed by atoms with Crippen LogP contribution in [0.5, 0.6) is 0 Å². The summed E-state index contributed by atoms with van der Waals surface area (Å²) >= 11 is 0. The fourth-order valence-electron chi connectivity index (χ4n) is 1.44. The Hall–Kier alpha value is -1.36. The van der Waals surface area contributed by atoms with Crippen LogP contribution in [0.15, 0.2) is 18.5 Å². The largest absolute Gasteiger partial charge is 0.370 e. The highest BCUT2D eigenvalue weighted by Crippen LogP contribution is 2.06. The number of nitrogens with two attached hydrogens (primary N) is 1. The number of primary amides is 1. The van der Waals surface area contributed by atoms with Crippen LogP contribution in [0.1, 0.15) is 20.3 Å². The number of aromatic nitrogens is 2. The van der Waals surface area contributed by atoms with Gasteiger partial charge in [0.05, 0.1) is 6.54 Å². The molecule has 1 amide bonds. The van der Waals surface area contributed by atoms with Crippen LogP contribution in [0.2, 0.25) is 0 Å². The molecule has 0 spiro atoms. The zero-order valence-corrected chi connectivity index (χ0v) is 9.23. The predicted molar refractivity (Wildman–Crippen MR) is 58.1 cm³/mol. The van der Waals surface area contributed by atoms with Gasteiger partial charge in [-0.1, -0.05) is 0 Å². The first-order valence-corrected chi connectivity index (χ1v) is 5.00. The van der Waals surface area contributed by atoms with Crippen LogP contribution in [0.25, 0.3) is 0 Å². The van der Waals surface area contributed by atoms with Gasteiger partial charge in [0.1, 0.15) is 0 Å². The molecular formula is C10H18N4O. The fraction of sp³-hybridized carbons (Fsp3) is 0.600. The number of rotatable bonds is 6. The Morgan fingerprint density at radius 2 is 2.33 bits per heavy atom. The molecule has 0 saturated carbocycles. The molecule has 0 atom stereocenters. The minimum atomic E-state index is -0.286. The van der Waals surface area contributed by atoms with Crippen molar-refractivity contribution in [2.24, 2.45) is 5.73 Å². The summed E-state index contributed by atoms with van der Waals surface area (Å²) in [6, 6.07) is 1.88. The highest BCUT2D eigenvalue weighted by atomic mass is 16.1. The lowest BCUT2D eigenvalue weighted by atomic mass is 10.0. The standard InChI is InChI=1S/C10H18N4O/c1-10(2,8-9(11)15)12-5-7-14-6-3-4-13-14/h3-4,6,12H,5,7-8H2,1-2H3,(H2,11,15).